The molecule has 94 valence electrons. The predicted octanol–water partition coefficient (Wildman–Crippen LogP) is 3.71. The molecule has 1 N–H and O–H groups in total. The topological polar surface area (TPSA) is 12.0 Å². The highest BCUT2D eigenvalue weighted by Gasteiger charge is 2.16. The standard InChI is InChI=1S/C15H23NS/c1-11-4-5-12(2)15(8-11)13(3)16-9-14-6-7-17-10-14/h4-5,8,13-14,16H,6-7,9-10H2,1-3H3. The lowest BCUT2D eigenvalue weighted by Crippen LogP contribution is -2.26. The van der Waals surface area contributed by atoms with E-state index in [1.165, 1.54) is 41.2 Å². The third-order valence-electron chi connectivity index (χ3n) is 3.64. The van der Waals surface area contributed by atoms with Gasteiger partial charge in [-0.05, 0) is 62.3 Å². The minimum Gasteiger partial charge on any atom is -0.310 e. The van der Waals surface area contributed by atoms with Crippen LogP contribution in [-0.4, -0.2) is 18.1 Å². The van der Waals surface area contributed by atoms with Crippen molar-refractivity contribution >= 4 is 11.8 Å². The van der Waals surface area contributed by atoms with Gasteiger partial charge < -0.3 is 5.32 Å². The summed E-state index contributed by atoms with van der Waals surface area (Å²) in [7, 11) is 0. The average molecular weight is 249 g/mol. The molecule has 1 fully saturated rings. The van der Waals surface area contributed by atoms with Gasteiger partial charge in [-0.25, -0.2) is 0 Å². The maximum atomic E-state index is 3.70. The highest BCUT2D eigenvalue weighted by atomic mass is 32.2. The Morgan fingerprint density at radius 1 is 1.41 bits per heavy atom. The maximum absolute atomic E-state index is 3.70. The zero-order valence-corrected chi connectivity index (χ0v) is 11.9. The lowest BCUT2D eigenvalue weighted by atomic mass is 9.99. The van der Waals surface area contributed by atoms with Crippen molar-refractivity contribution in [3.63, 3.8) is 0 Å². The largest absolute Gasteiger partial charge is 0.310 e. The average Bonchev–Trinajstić information content (AvgIpc) is 2.82. The van der Waals surface area contributed by atoms with Gasteiger partial charge in [-0.1, -0.05) is 23.8 Å². The lowest BCUT2D eigenvalue weighted by molar-refractivity contribution is 0.476. The second-order valence-corrected chi connectivity index (χ2v) is 6.37. The molecule has 0 amide bonds. The second kappa shape index (κ2) is 5.92. The zero-order chi connectivity index (χ0) is 12.3. The molecule has 17 heavy (non-hydrogen) atoms. The SMILES string of the molecule is Cc1ccc(C)c(C(C)NCC2CCSC2)c1. The van der Waals surface area contributed by atoms with Crippen LogP contribution < -0.4 is 5.32 Å². The fourth-order valence-corrected chi connectivity index (χ4v) is 3.71. The van der Waals surface area contributed by atoms with Crippen LogP contribution in [0.15, 0.2) is 18.2 Å². The predicted molar refractivity (Wildman–Crippen MR) is 77.8 cm³/mol. The van der Waals surface area contributed by atoms with Gasteiger partial charge in [-0.3, -0.25) is 0 Å². The molecular weight excluding hydrogens is 226 g/mol. The molecular formula is C15H23NS. The first-order valence-electron chi connectivity index (χ1n) is 6.55. The van der Waals surface area contributed by atoms with Crippen molar-refractivity contribution in [2.75, 3.05) is 18.1 Å². The maximum Gasteiger partial charge on any atom is 0.0294 e. The van der Waals surface area contributed by atoms with Gasteiger partial charge in [0.15, 0.2) is 0 Å². The van der Waals surface area contributed by atoms with Crippen molar-refractivity contribution in [1.29, 1.82) is 0 Å². The minimum atomic E-state index is 0.473. The van der Waals surface area contributed by atoms with Gasteiger partial charge in [0.1, 0.15) is 0 Å². The molecule has 1 aromatic rings. The van der Waals surface area contributed by atoms with E-state index in [0.29, 0.717) is 6.04 Å². The van der Waals surface area contributed by atoms with Crippen LogP contribution in [0.1, 0.15) is 36.1 Å². The number of thioether (sulfide) groups is 1. The molecule has 1 aromatic carbocycles. The van der Waals surface area contributed by atoms with E-state index in [-0.39, 0.29) is 0 Å². The number of hydrogen-bond donors (Lipinski definition) is 1. The number of nitrogens with one attached hydrogen (secondary N) is 1. The van der Waals surface area contributed by atoms with Crippen molar-refractivity contribution in [2.45, 2.75) is 33.2 Å². The normalized spacial score (nSPS) is 21.7. The second-order valence-electron chi connectivity index (χ2n) is 5.22. The Bertz CT molecular complexity index is 369. The van der Waals surface area contributed by atoms with Gasteiger partial charge in [0.2, 0.25) is 0 Å². The summed E-state index contributed by atoms with van der Waals surface area (Å²) in [5, 5.41) is 3.70. The van der Waals surface area contributed by atoms with E-state index in [4.69, 9.17) is 0 Å². The zero-order valence-electron chi connectivity index (χ0n) is 11.1. The molecule has 1 aliphatic heterocycles. The van der Waals surface area contributed by atoms with Crippen LogP contribution in [0.25, 0.3) is 0 Å². The molecule has 0 radical (unpaired) electrons. The van der Waals surface area contributed by atoms with Gasteiger partial charge in [0.05, 0.1) is 0 Å². The van der Waals surface area contributed by atoms with Crippen molar-refractivity contribution in [3.8, 4) is 0 Å². The van der Waals surface area contributed by atoms with E-state index in [2.05, 4.69) is 56.0 Å². The van der Waals surface area contributed by atoms with Crippen LogP contribution in [0.2, 0.25) is 0 Å². The van der Waals surface area contributed by atoms with Gasteiger partial charge >= 0.3 is 0 Å². The number of rotatable bonds is 4. The molecule has 0 bridgehead atoms. The molecule has 1 heterocycles. The van der Waals surface area contributed by atoms with Crippen molar-refractivity contribution in [3.05, 3.63) is 34.9 Å². The summed E-state index contributed by atoms with van der Waals surface area (Å²) in [6.45, 7) is 7.83. The number of benzene rings is 1. The lowest BCUT2D eigenvalue weighted by Gasteiger charge is -2.19. The molecule has 1 saturated heterocycles. The van der Waals surface area contributed by atoms with Crippen LogP contribution >= 0.6 is 11.8 Å². The Kier molecular flexibility index (Phi) is 4.52. The van der Waals surface area contributed by atoms with E-state index in [1.54, 1.807) is 0 Å². The summed E-state index contributed by atoms with van der Waals surface area (Å²) in [4.78, 5) is 0. The third-order valence-corrected chi connectivity index (χ3v) is 4.87. The van der Waals surface area contributed by atoms with E-state index < -0.39 is 0 Å². The Morgan fingerprint density at radius 2 is 2.24 bits per heavy atom. The Morgan fingerprint density at radius 3 is 2.94 bits per heavy atom. The van der Waals surface area contributed by atoms with Crippen LogP contribution in [0, 0.1) is 19.8 Å². The molecule has 2 rings (SSSR count). The third kappa shape index (κ3) is 3.49. The van der Waals surface area contributed by atoms with Gasteiger partial charge in [0, 0.05) is 6.04 Å². The van der Waals surface area contributed by atoms with Crippen LogP contribution in [0.5, 0.6) is 0 Å². The van der Waals surface area contributed by atoms with Crippen molar-refractivity contribution in [2.24, 2.45) is 5.92 Å². The van der Waals surface area contributed by atoms with Crippen LogP contribution in [0.3, 0.4) is 0 Å². The summed E-state index contributed by atoms with van der Waals surface area (Å²) < 4.78 is 0. The summed E-state index contributed by atoms with van der Waals surface area (Å²) in [5.41, 5.74) is 4.21. The first-order valence-corrected chi connectivity index (χ1v) is 7.70. The molecule has 0 saturated carbocycles. The number of aryl methyl sites for hydroxylation is 2. The Balaban J connectivity index is 1.93. The van der Waals surface area contributed by atoms with E-state index in [0.717, 1.165) is 5.92 Å². The van der Waals surface area contributed by atoms with Crippen molar-refractivity contribution in [1.82, 2.24) is 5.32 Å². The molecule has 0 aromatic heterocycles. The molecule has 2 atom stereocenters. The smallest absolute Gasteiger partial charge is 0.0294 e. The quantitative estimate of drug-likeness (QED) is 0.873. The van der Waals surface area contributed by atoms with Crippen molar-refractivity contribution < 1.29 is 0 Å². The van der Waals surface area contributed by atoms with E-state index in [9.17, 15) is 0 Å². The summed E-state index contributed by atoms with van der Waals surface area (Å²) in [6.07, 6.45) is 1.39. The Labute approximate surface area is 109 Å². The first-order chi connectivity index (χ1) is 8.16. The van der Waals surface area contributed by atoms with Crippen LogP contribution in [0.4, 0.5) is 0 Å². The fraction of sp³-hybridized carbons (Fsp3) is 0.600. The molecule has 0 aliphatic carbocycles. The minimum absolute atomic E-state index is 0.473. The van der Waals surface area contributed by atoms with Crippen LogP contribution in [-0.2, 0) is 0 Å². The Hall–Kier alpha value is -0.470. The summed E-state index contributed by atoms with van der Waals surface area (Å²) in [5.74, 6) is 3.57. The first kappa shape index (κ1) is 13.0. The molecule has 2 heteroatoms. The fourth-order valence-electron chi connectivity index (χ4n) is 2.42. The van der Waals surface area contributed by atoms with Gasteiger partial charge in [-0.2, -0.15) is 11.8 Å². The van der Waals surface area contributed by atoms with E-state index in [1.807, 2.05) is 0 Å². The molecule has 2 unspecified atom stereocenters. The molecule has 1 nitrogen and oxygen atoms in total. The van der Waals surface area contributed by atoms with E-state index >= 15 is 0 Å². The highest BCUT2D eigenvalue weighted by Crippen LogP contribution is 2.24. The molecule has 1 aliphatic rings. The van der Waals surface area contributed by atoms with Gasteiger partial charge in [0.25, 0.3) is 0 Å². The summed E-state index contributed by atoms with van der Waals surface area (Å²) >= 11 is 2.10. The molecule has 0 spiro atoms. The highest BCUT2D eigenvalue weighted by molar-refractivity contribution is 7.99. The number of hydrogen-bond acceptors (Lipinski definition) is 2. The van der Waals surface area contributed by atoms with Gasteiger partial charge in [-0.15, -0.1) is 0 Å². The summed E-state index contributed by atoms with van der Waals surface area (Å²) in [6, 6.07) is 7.21. The monoisotopic (exact) mass is 249 g/mol.